The zero-order chi connectivity index (χ0) is 13.2. The van der Waals surface area contributed by atoms with Gasteiger partial charge in [-0.05, 0) is 34.8 Å². The van der Waals surface area contributed by atoms with Gasteiger partial charge in [-0.15, -0.1) is 0 Å². The molecule has 3 rings (SSSR count). The summed E-state index contributed by atoms with van der Waals surface area (Å²) in [5, 5.41) is 2.94. The molecule has 0 fully saturated rings. The Morgan fingerprint density at radius 1 is 1.00 bits per heavy atom. The van der Waals surface area contributed by atoms with Crippen molar-refractivity contribution < 1.29 is 4.79 Å². The van der Waals surface area contributed by atoms with Crippen molar-refractivity contribution in [1.82, 2.24) is 5.32 Å². The van der Waals surface area contributed by atoms with Gasteiger partial charge in [-0.1, -0.05) is 54.6 Å². The monoisotopic (exact) mass is 249 g/mol. The van der Waals surface area contributed by atoms with E-state index >= 15 is 0 Å². The summed E-state index contributed by atoms with van der Waals surface area (Å²) in [7, 11) is 0. The number of allylic oxidation sites excluding steroid dienone is 1. The molecule has 1 N–H and O–H groups in total. The van der Waals surface area contributed by atoms with Gasteiger partial charge < -0.3 is 5.32 Å². The summed E-state index contributed by atoms with van der Waals surface area (Å²) in [5.41, 5.74) is 5.86. The molecule has 2 aromatic carbocycles. The highest BCUT2D eigenvalue weighted by atomic mass is 16.1. The number of carbonyl (C=O) groups is 1. The molecule has 1 unspecified atom stereocenters. The van der Waals surface area contributed by atoms with E-state index in [9.17, 15) is 4.79 Å². The molecule has 0 spiro atoms. The Bertz CT molecular complexity index is 658. The van der Waals surface area contributed by atoms with Crippen LogP contribution in [-0.4, -0.2) is 6.41 Å². The molecule has 0 aromatic heterocycles. The molecular weight excluding hydrogens is 234 g/mol. The van der Waals surface area contributed by atoms with Crippen molar-refractivity contribution in [2.75, 3.05) is 0 Å². The van der Waals surface area contributed by atoms with Crippen LogP contribution >= 0.6 is 0 Å². The second kappa shape index (κ2) is 4.73. The molecular formula is C17H15NO. The van der Waals surface area contributed by atoms with Gasteiger partial charge in [-0.2, -0.15) is 0 Å². The molecule has 2 aromatic rings. The van der Waals surface area contributed by atoms with Gasteiger partial charge >= 0.3 is 0 Å². The van der Waals surface area contributed by atoms with E-state index in [1.165, 1.54) is 11.1 Å². The number of hydrogen-bond acceptors (Lipinski definition) is 1. The molecule has 2 nitrogen and oxygen atoms in total. The zero-order valence-electron chi connectivity index (χ0n) is 10.8. The Morgan fingerprint density at radius 3 is 2.47 bits per heavy atom. The Hall–Kier alpha value is -2.35. The summed E-state index contributed by atoms with van der Waals surface area (Å²) >= 11 is 0. The Kier molecular flexibility index (Phi) is 2.92. The smallest absolute Gasteiger partial charge is 0.207 e. The third kappa shape index (κ3) is 1.95. The van der Waals surface area contributed by atoms with Crippen LogP contribution in [-0.2, 0) is 4.79 Å². The predicted octanol–water partition coefficient (Wildman–Crippen LogP) is 3.40. The number of rotatable bonds is 2. The number of nitrogens with one attached hydrogen (secondary N) is 1. The van der Waals surface area contributed by atoms with Crippen molar-refractivity contribution >= 4 is 18.1 Å². The van der Waals surface area contributed by atoms with E-state index in [1.54, 1.807) is 0 Å². The molecule has 0 aliphatic heterocycles. The molecule has 0 saturated heterocycles. The lowest BCUT2D eigenvalue weighted by atomic mass is 9.93. The van der Waals surface area contributed by atoms with Gasteiger partial charge in [0, 0.05) is 0 Å². The van der Waals surface area contributed by atoms with Crippen molar-refractivity contribution in [3.8, 4) is 0 Å². The van der Waals surface area contributed by atoms with Gasteiger partial charge in [0.05, 0.1) is 6.04 Å². The first-order valence-corrected chi connectivity index (χ1v) is 6.37. The first-order valence-electron chi connectivity index (χ1n) is 6.37. The van der Waals surface area contributed by atoms with E-state index in [2.05, 4.69) is 42.6 Å². The zero-order valence-corrected chi connectivity index (χ0v) is 10.8. The molecule has 0 saturated carbocycles. The average molecular weight is 249 g/mol. The summed E-state index contributed by atoms with van der Waals surface area (Å²) < 4.78 is 0. The maximum absolute atomic E-state index is 11.0. The van der Waals surface area contributed by atoms with E-state index < -0.39 is 0 Å². The fourth-order valence-corrected chi connectivity index (χ4v) is 2.74. The van der Waals surface area contributed by atoms with E-state index in [4.69, 9.17) is 0 Å². The third-order valence-electron chi connectivity index (χ3n) is 3.61. The van der Waals surface area contributed by atoms with Crippen molar-refractivity contribution in [1.29, 1.82) is 0 Å². The minimum Gasteiger partial charge on any atom is -0.348 e. The van der Waals surface area contributed by atoms with E-state index in [0.29, 0.717) is 0 Å². The predicted molar refractivity (Wildman–Crippen MR) is 77.5 cm³/mol. The molecule has 1 aliphatic rings. The first kappa shape index (κ1) is 11.7. The second-order valence-corrected chi connectivity index (χ2v) is 4.76. The maximum atomic E-state index is 11.0. The van der Waals surface area contributed by atoms with Crippen LogP contribution in [0.15, 0.2) is 48.5 Å². The lowest BCUT2D eigenvalue weighted by Crippen LogP contribution is -2.21. The fraction of sp³-hybridized carbons (Fsp3) is 0.118. The highest BCUT2D eigenvalue weighted by molar-refractivity contribution is 5.85. The number of fused-ring (bicyclic) bond motifs is 2. The summed E-state index contributed by atoms with van der Waals surface area (Å²) in [6, 6.07) is 16.3. The minimum atomic E-state index is -0.0846. The summed E-state index contributed by atoms with van der Waals surface area (Å²) in [5.74, 6) is 0. The summed E-state index contributed by atoms with van der Waals surface area (Å²) in [4.78, 5) is 11.0. The van der Waals surface area contributed by atoms with Crippen LogP contribution in [0.25, 0.3) is 11.6 Å². The normalized spacial score (nSPS) is 16.7. The van der Waals surface area contributed by atoms with Gasteiger partial charge in [0.1, 0.15) is 0 Å². The highest BCUT2D eigenvalue weighted by Crippen LogP contribution is 2.35. The van der Waals surface area contributed by atoms with Crippen molar-refractivity contribution in [2.24, 2.45) is 0 Å². The van der Waals surface area contributed by atoms with E-state index in [1.807, 2.05) is 24.3 Å². The molecule has 1 amide bonds. The van der Waals surface area contributed by atoms with Crippen molar-refractivity contribution in [2.45, 2.75) is 13.0 Å². The lowest BCUT2D eigenvalue weighted by molar-refractivity contribution is -0.110. The quantitative estimate of drug-likeness (QED) is 0.812. The third-order valence-corrected chi connectivity index (χ3v) is 3.61. The lowest BCUT2D eigenvalue weighted by Gasteiger charge is -2.19. The Labute approximate surface area is 112 Å². The van der Waals surface area contributed by atoms with Gasteiger partial charge in [0.2, 0.25) is 6.41 Å². The number of carbonyl (C=O) groups excluding carboxylic acids is 1. The molecule has 0 heterocycles. The molecule has 1 aliphatic carbocycles. The standard InChI is InChI=1S/C17H15NO/c1-12-10-13-6-2-3-8-15(13)17(18-11-19)16-9-5-4-7-14(12)16/h2-11,17H,1H3,(H,18,19). The Balaban J connectivity index is 2.29. The molecule has 94 valence electrons. The van der Waals surface area contributed by atoms with Crippen LogP contribution in [0.4, 0.5) is 0 Å². The van der Waals surface area contributed by atoms with Gasteiger partial charge in [-0.3, -0.25) is 4.79 Å². The van der Waals surface area contributed by atoms with Crippen molar-refractivity contribution in [3.05, 3.63) is 70.8 Å². The maximum Gasteiger partial charge on any atom is 0.207 e. The van der Waals surface area contributed by atoms with Gasteiger partial charge in [-0.25, -0.2) is 0 Å². The van der Waals surface area contributed by atoms with Gasteiger partial charge in [0.25, 0.3) is 0 Å². The molecule has 19 heavy (non-hydrogen) atoms. The largest absolute Gasteiger partial charge is 0.348 e. The summed E-state index contributed by atoms with van der Waals surface area (Å²) in [6.07, 6.45) is 2.96. The van der Waals surface area contributed by atoms with Crippen LogP contribution in [0.5, 0.6) is 0 Å². The average Bonchev–Trinajstić information content (AvgIpc) is 2.56. The van der Waals surface area contributed by atoms with E-state index in [-0.39, 0.29) is 6.04 Å². The van der Waals surface area contributed by atoms with Crippen LogP contribution in [0, 0.1) is 0 Å². The van der Waals surface area contributed by atoms with Crippen molar-refractivity contribution in [3.63, 3.8) is 0 Å². The molecule has 1 atom stereocenters. The highest BCUT2D eigenvalue weighted by Gasteiger charge is 2.22. The second-order valence-electron chi connectivity index (χ2n) is 4.76. The topological polar surface area (TPSA) is 29.1 Å². The van der Waals surface area contributed by atoms with Crippen LogP contribution < -0.4 is 5.32 Å². The Morgan fingerprint density at radius 2 is 1.68 bits per heavy atom. The first-order chi connectivity index (χ1) is 9.31. The minimum absolute atomic E-state index is 0.0846. The SMILES string of the molecule is CC1=Cc2ccccc2C(NC=O)c2ccccc21. The summed E-state index contributed by atoms with van der Waals surface area (Å²) in [6.45, 7) is 2.11. The van der Waals surface area contributed by atoms with Gasteiger partial charge in [0.15, 0.2) is 0 Å². The van der Waals surface area contributed by atoms with Crippen LogP contribution in [0.2, 0.25) is 0 Å². The molecule has 0 radical (unpaired) electrons. The molecule has 0 bridgehead atoms. The van der Waals surface area contributed by atoms with Crippen LogP contribution in [0.1, 0.15) is 35.2 Å². The van der Waals surface area contributed by atoms with Crippen LogP contribution in [0.3, 0.4) is 0 Å². The number of hydrogen-bond donors (Lipinski definition) is 1. The van der Waals surface area contributed by atoms with E-state index in [0.717, 1.165) is 23.1 Å². The molecule has 2 heteroatoms. The number of amides is 1. The number of benzene rings is 2. The fourth-order valence-electron chi connectivity index (χ4n) is 2.74.